The van der Waals surface area contributed by atoms with Crippen LogP contribution in [0.25, 0.3) is 0 Å². The van der Waals surface area contributed by atoms with E-state index in [9.17, 15) is 0 Å². The van der Waals surface area contributed by atoms with Gasteiger partial charge in [-0.1, -0.05) is 18.3 Å². The van der Waals surface area contributed by atoms with Gasteiger partial charge in [0, 0.05) is 6.54 Å². The normalized spacial score (nSPS) is 10.6. The Morgan fingerprint density at radius 2 is 2.05 bits per heavy atom. The van der Waals surface area contributed by atoms with Crippen molar-refractivity contribution in [3.8, 4) is 6.01 Å². The number of rotatable bonds is 7. The van der Waals surface area contributed by atoms with Crippen molar-refractivity contribution in [2.75, 3.05) is 18.5 Å². The summed E-state index contributed by atoms with van der Waals surface area (Å²) in [4.78, 5) is 12.8. The Kier molecular flexibility index (Phi) is 5.48. The fourth-order valence-corrected chi connectivity index (χ4v) is 2.95. The minimum Gasteiger partial charge on any atom is -0.464 e. The molecular formula is C11H16N6OS2. The van der Waals surface area contributed by atoms with Crippen LogP contribution in [0.15, 0.2) is 9.50 Å². The molecule has 0 saturated heterocycles. The fourth-order valence-electron chi connectivity index (χ4n) is 1.29. The van der Waals surface area contributed by atoms with Gasteiger partial charge >= 0.3 is 6.01 Å². The van der Waals surface area contributed by atoms with Gasteiger partial charge in [-0.05, 0) is 32.0 Å². The minimum absolute atomic E-state index is 0.324. The lowest BCUT2D eigenvalue weighted by atomic mass is 10.5. The molecule has 108 valence electrons. The van der Waals surface area contributed by atoms with E-state index in [4.69, 9.17) is 4.74 Å². The Bertz CT molecular complexity index is 562. The van der Waals surface area contributed by atoms with E-state index in [2.05, 4.69) is 37.4 Å². The summed E-state index contributed by atoms with van der Waals surface area (Å²) in [5, 5.41) is 12.6. The highest BCUT2D eigenvalue weighted by atomic mass is 32.2. The summed E-state index contributed by atoms with van der Waals surface area (Å²) in [6.45, 7) is 7.20. The highest BCUT2D eigenvalue weighted by molar-refractivity contribution is 8.00. The monoisotopic (exact) mass is 312 g/mol. The molecule has 0 aromatic carbocycles. The van der Waals surface area contributed by atoms with Crippen molar-refractivity contribution in [3.05, 3.63) is 5.01 Å². The average molecular weight is 312 g/mol. The van der Waals surface area contributed by atoms with E-state index >= 15 is 0 Å². The Morgan fingerprint density at radius 1 is 1.20 bits per heavy atom. The van der Waals surface area contributed by atoms with Crippen molar-refractivity contribution in [2.45, 2.75) is 36.7 Å². The van der Waals surface area contributed by atoms with Crippen LogP contribution in [0.2, 0.25) is 0 Å². The molecule has 0 bridgehead atoms. The lowest BCUT2D eigenvalue weighted by Crippen LogP contribution is -2.08. The largest absolute Gasteiger partial charge is 0.464 e. The number of nitrogens with zero attached hydrogens (tertiary/aromatic N) is 5. The molecule has 0 aliphatic rings. The molecule has 0 unspecified atom stereocenters. The van der Waals surface area contributed by atoms with Gasteiger partial charge in [0.2, 0.25) is 11.1 Å². The van der Waals surface area contributed by atoms with Crippen molar-refractivity contribution < 1.29 is 4.74 Å². The quantitative estimate of drug-likeness (QED) is 0.834. The SMILES string of the molecule is CCCNc1nc(OCC)nc(Sc2nnc(C)s2)n1. The van der Waals surface area contributed by atoms with Crippen LogP contribution in [-0.2, 0) is 0 Å². The molecule has 0 spiro atoms. The molecule has 0 saturated carbocycles. The van der Waals surface area contributed by atoms with Gasteiger partial charge in [0.25, 0.3) is 0 Å². The maximum absolute atomic E-state index is 5.36. The lowest BCUT2D eigenvalue weighted by molar-refractivity contribution is 0.308. The molecule has 9 heteroatoms. The Labute approximate surface area is 125 Å². The second-order valence-corrected chi connectivity index (χ2v) is 6.17. The first kappa shape index (κ1) is 14.9. The van der Waals surface area contributed by atoms with Crippen LogP contribution < -0.4 is 10.1 Å². The number of aromatic nitrogens is 5. The van der Waals surface area contributed by atoms with Crippen LogP contribution in [0.1, 0.15) is 25.3 Å². The molecular weight excluding hydrogens is 296 g/mol. The van der Waals surface area contributed by atoms with E-state index in [1.165, 1.54) is 23.1 Å². The van der Waals surface area contributed by atoms with E-state index < -0.39 is 0 Å². The summed E-state index contributed by atoms with van der Waals surface area (Å²) in [6, 6.07) is 0.324. The van der Waals surface area contributed by atoms with Gasteiger partial charge < -0.3 is 10.1 Å². The van der Waals surface area contributed by atoms with Crippen molar-refractivity contribution in [3.63, 3.8) is 0 Å². The average Bonchev–Trinajstić information content (AvgIpc) is 2.82. The summed E-state index contributed by atoms with van der Waals surface area (Å²) < 4.78 is 6.17. The predicted molar refractivity (Wildman–Crippen MR) is 78.5 cm³/mol. The van der Waals surface area contributed by atoms with Gasteiger partial charge in [-0.2, -0.15) is 15.0 Å². The molecule has 2 heterocycles. The third kappa shape index (κ3) is 4.27. The standard InChI is InChI=1S/C11H16N6OS2/c1-4-6-12-8-13-9(18-5-2)15-10(14-8)20-11-17-16-7(3)19-11/h4-6H2,1-3H3,(H,12,13,14,15). The predicted octanol–water partition coefficient (Wildman–Crippen LogP) is 2.40. The van der Waals surface area contributed by atoms with E-state index in [0.717, 1.165) is 22.3 Å². The van der Waals surface area contributed by atoms with Gasteiger partial charge in [-0.25, -0.2) is 0 Å². The van der Waals surface area contributed by atoms with Crippen molar-refractivity contribution in [2.24, 2.45) is 0 Å². The zero-order valence-corrected chi connectivity index (χ0v) is 13.2. The van der Waals surface area contributed by atoms with Crippen molar-refractivity contribution in [1.29, 1.82) is 0 Å². The van der Waals surface area contributed by atoms with E-state index in [1.54, 1.807) is 0 Å². The molecule has 2 aromatic rings. The molecule has 2 aromatic heterocycles. The summed E-state index contributed by atoms with van der Waals surface area (Å²) in [5.74, 6) is 0.522. The van der Waals surface area contributed by atoms with Crippen LogP contribution in [-0.4, -0.2) is 38.3 Å². The molecule has 0 radical (unpaired) electrons. The first-order valence-corrected chi connectivity index (χ1v) is 7.95. The van der Waals surface area contributed by atoms with Gasteiger partial charge in [0.05, 0.1) is 6.61 Å². The maximum Gasteiger partial charge on any atom is 0.322 e. The maximum atomic E-state index is 5.36. The number of hydrogen-bond donors (Lipinski definition) is 1. The summed E-state index contributed by atoms with van der Waals surface area (Å²) in [6.07, 6.45) is 0.994. The number of ether oxygens (including phenoxy) is 1. The van der Waals surface area contributed by atoms with Crippen molar-refractivity contribution >= 4 is 29.0 Å². The first-order chi connectivity index (χ1) is 9.71. The Morgan fingerprint density at radius 3 is 2.70 bits per heavy atom. The molecule has 1 N–H and O–H groups in total. The van der Waals surface area contributed by atoms with Gasteiger partial charge in [-0.15, -0.1) is 10.2 Å². The molecule has 2 rings (SSSR count). The molecule has 0 fully saturated rings. The van der Waals surface area contributed by atoms with E-state index in [0.29, 0.717) is 23.7 Å². The van der Waals surface area contributed by atoms with Gasteiger partial charge in [0.15, 0.2) is 4.34 Å². The highest BCUT2D eigenvalue weighted by Gasteiger charge is 2.11. The van der Waals surface area contributed by atoms with Crippen LogP contribution in [0.4, 0.5) is 5.95 Å². The first-order valence-electron chi connectivity index (χ1n) is 6.32. The smallest absolute Gasteiger partial charge is 0.322 e. The summed E-state index contributed by atoms with van der Waals surface area (Å²) in [5.41, 5.74) is 0. The van der Waals surface area contributed by atoms with Crippen LogP contribution in [0.5, 0.6) is 6.01 Å². The Balaban J connectivity index is 2.18. The van der Waals surface area contributed by atoms with Crippen molar-refractivity contribution in [1.82, 2.24) is 25.1 Å². The molecule has 0 aliphatic heterocycles. The molecule has 7 nitrogen and oxygen atoms in total. The fraction of sp³-hybridized carbons (Fsp3) is 0.545. The van der Waals surface area contributed by atoms with Crippen LogP contribution >= 0.6 is 23.1 Å². The number of hydrogen-bond acceptors (Lipinski definition) is 9. The summed E-state index contributed by atoms with van der Waals surface area (Å²) in [7, 11) is 0. The molecule has 0 aliphatic carbocycles. The lowest BCUT2D eigenvalue weighted by Gasteiger charge is -2.07. The second kappa shape index (κ2) is 7.34. The van der Waals surface area contributed by atoms with Crippen LogP contribution in [0.3, 0.4) is 0 Å². The molecule has 0 atom stereocenters. The number of aryl methyl sites for hydroxylation is 1. The number of nitrogens with one attached hydrogen (secondary N) is 1. The highest BCUT2D eigenvalue weighted by Crippen LogP contribution is 2.28. The van der Waals surface area contributed by atoms with E-state index in [1.807, 2.05) is 13.8 Å². The second-order valence-electron chi connectivity index (χ2n) is 3.77. The topological polar surface area (TPSA) is 85.7 Å². The van der Waals surface area contributed by atoms with Gasteiger partial charge in [0.1, 0.15) is 5.01 Å². The zero-order valence-electron chi connectivity index (χ0n) is 11.6. The Hall–Kier alpha value is -1.48. The zero-order chi connectivity index (χ0) is 14.4. The van der Waals surface area contributed by atoms with Crippen LogP contribution in [0, 0.1) is 6.92 Å². The van der Waals surface area contributed by atoms with Gasteiger partial charge in [-0.3, -0.25) is 0 Å². The number of anilines is 1. The summed E-state index contributed by atoms with van der Waals surface area (Å²) >= 11 is 2.86. The third-order valence-electron chi connectivity index (χ3n) is 2.09. The molecule has 0 amide bonds. The minimum atomic E-state index is 0.324. The third-order valence-corrected chi connectivity index (χ3v) is 3.84. The molecule has 20 heavy (non-hydrogen) atoms. The van der Waals surface area contributed by atoms with E-state index in [-0.39, 0.29) is 0 Å².